The average Bonchev–Trinajstić information content (AvgIpc) is 3.24. The van der Waals surface area contributed by atoms with Crippen LogP contribution in [0, 0.1) is 0 Å². The molecule has 4 saturated heterocycles. The zero-order valence-corrected chi connectivity index (χ0v) is 20.6. The number of aliphatic hydroxyl groups is 1. The zero-order chi connectivity index (χ0) is 24.7. The van der Waals surface area contributed by atoms with Crippen molar-refractivity contribution in [3.63, 3.8) is 0 Å². The number of fused-ring (bicyclic) bond motifs is 5. The minimum absolute atomic E-state index is 0.127. The smallest absolute Gasteiger partial charge is 0.376 e. The summed E-state index contributed by atoms with van der Waals surface area (Å²) in [6.45, 7) is 3.67. The average molecular weight is 482 g/mol. The molecule has 0 amide bonds. The third-order valence-corrected chi connectivity index (χ3v) is 8.27. The molecule has 3 N–H and O–H groups in total. The van der Waals surface area contributed by atoms with Gasteiger partial charge in [0.25, 0.3) is 0 Å². The second-order valence-corrected chi connectivity index (χ2v) is 10.7. The minimum Gasteiger partial charge on any atom is -0.490 e. The van der Waals surface area contributed by atoms with Crippen LogP contribution in [0.25, 0.3) is 11.0 Å². The van der Waals surface area contributed by atoms with Crippen molar-refractivity contribution in [2.45, 2.75) is 101 Å². The molecule has 0 saturated carbocycles. The Morgan fingerprint density at radius 3 is 1.91 bits per heavy atom. The molecule has 8 nitrogen and oxygen atoms in total. The summed E-state index contributed by atoms with van der Waals surface area (Å²) in [6.07, 6.45) is 8.12. The molecule has 6 rings (SSSR count). The highest BCUT2D eigenvalue weighted by atomic mass is 16.5. The number of hydrogen-bond acceptors (Lipinski definition) is 8. The van der Waals surface area contributed by atoms with Crippen LogP contribution in [-0.4, -0.2) is 75.3 Å². The van der Waals surface area contributed by atoms with Gasteiger partial charge in [0.2, 0.25) is 0 Å². The van der Waals surface area contributed by atoms with E-state index in [0.29, 0.717) is 29.8 Å². The molecule has 1 aromatic heterocycles. The molecule has 4 aliphatic rings. The molecule has 2 unspecified atom stereocenters. The second kappa shape index (κ2) is 10.3. The van der Waals surface area contributed by atoms with Crippen LogP contribution in [0.2, 0.25) is 13.6 Å². The van der Waals surface area contributed by atoms with Gasteiger partial charge < -0.3 is 33.9 Å². The molecule has 5 heterocycles. The lowest BCUT2D eigenvalue weighted by molar-refractivity contribution is 0.0687. The topological polar surface area (TPSA) is 107 Å². The van der Waals surface area contributed by atoms with E-state index >= 15 is 0 Å². The normalized spacial score (nSPS) is 32.3. The molecular weight excluding hydrogens is 446 g/mol. The van der Waals surface area contributed by atoms with Gasteiger partial charge >= 0.3 is 19.7 Å². The van der Waals surface area contributed by atoms with Gasteiger partial charge in [-0.2, -0.15) is 0 Å². The number of benzene rings is 1. The molecule has 35 heavy (non-hydrogen) atoms. The summed E-state index contributed by atoms with van der Waals surface area (Å²) in [4.78, 5) is 15.7. The van der Waals surface area contributed by atoms with Gasteiger partial charge in [0.05, 0.1) is 6.10 Å². The fourth-order valence-electron chi connectivity index (χ4n) is 6.97. The fraction of sp³-hybridized carbons (Fsp3) is 0.640. The summed E-state index contributed by atoms with van der Waals surface area (Å²) < 4.78 is 11.4. The number of aliphatic hydroxyl groups excluding tert-OH is 1. The van der Waals surface area contributed by atoms with Crippen LogP contribution in [0.1, 0.15) is 51.4 Å². The molecule has 4 aliphatic heterocycles. The lowest BCUT2D eigenvalue weighted by Crippen LogP contribution is -2.52. The number of rotatable bonds is 4. The van der Waals surface area contributed by atoms with Crippen molar-refractivity contribution >= 4 is 25.1 Å². The summed E-state index contributed by atoms with van der Waals surface area (Å²) in [5, 5.41) is 29.8. The molecular formula is C25H36B2N2O6. The van der Waals surface area contributed by atoms with E-state index in [1.54, 1.807) is 12.1 Å². The number of nitrogens with zero attached hydrogens (tertiary/aromatic N) is 2. The largest absolute Gasteiger partial charge is 0.490 e. The Hall–Kier alpha value is -1.84. The van der Waals surface area contributed by atoms with Crippen molar-refractivity contribution in [3.05, 3.63) is 40.8 Å². The number of hydrogen-bond donors (Lipinski definition) is 3. The fourth-order valence-corrected chi connectivity index (χ4v) is 6.97. The highest BCUT2D eigenvalue weighted by molar-refractivity contribution is 6.45. The van der Waals surface area contributed by atoms with Crippen LogP contribution in [-0.2, 0) is 0 Å². The third-order valence-electron chi connectivity index (χ3n) is 8.27. The van der Waals surface area contributed by atoms with E-state index in [0.717, 1.165) is 62.5 Å². The molecule has 4 bridgehead atoms. The molecule has 4 fully saturated rings. The predicted octanol–water partition coefficient (Wildman–Crippen LogP) is 2.36. The van der Waals surface area contributed by atoms with Crippen LogP contribution in [0.3, 0.4) is 0 Å². The SMILES string of the molecule is CB(O)N1[C@@H]2CC[C@H]1CC(O)C2.CB(O)N1[C@@H]2CC[C@H]1CC(Oc1ccc3ccc(=O)oc3c1)C2. The van der Waals surface area contributed by atoms with Crippen molar-refractivity contribution in [2.75, 3.05) is 0 Å². The molecule has 10 heteroatoms. The summed E-state index contributed by atoms with van der Waals surface area (Å²) in [5.41, 5.74) is 0.206. The standard InChI is InChI=1S/C17H20BNO4.C8H16BNO2/c1-18(21)19-12-4-5-13(19)9-15(8-12)22-14-6-2-11-3-7-17(20)23-16(11)10-14;1-9(12)10-6-2-3-7(10)5-8(11)4-6/h2-3,6-7,10,12-13,15,21H,4-5,8-9H2,1H3;6-8,11-12H,2-5H2,1H3/t12-,13+,15?;6-,7+,8?. The number of ether oxygens (including phenoxy) is 1. The van der Waals surface area contributed by atoms with Crippen LogP contribution in [0.5, 0.6) is 5.75 Å². The molecule has 2 aromatic rings. The van der Waals surface area contributed by atoms with Crippen LogP contribution < -0.4 is 10.4 Å². The molecule has 0 aliphatic carbocycles. The van der Waals surface area contributed by atoms with E-state index in [-0.39, 0.29) is 31.9 Å². The Balaban J connectivity index is 0.000000178. The van der Waals surface area contributed by atoms with Crippen molar-refractivity contribution in [2.24, 2.45) is 0 Å². The van der Waals surface area contributed by atoms with Gasteiger partial charge in [-0.05, 0) is 83.2 Å². The Labute approximate surface area is 207 Å². The van der Waals surface area contributed by atoms with Gasteiger partial charge in [-0.1, -0.05) is 0 Å². The predicted molar refractivity (Wildman–Crippen MR) is 136 cm³/mol. The van der Waals surface area contributed by atoms with E-state index in [4.69, 9.17) is 9.15 Å². The van der Waals surface area contributed by atoms with Crippen molar-refractivity contribution in [1.29, 1.82) is 0 Å². The van der Waals surface area contributed by atoms with Crippen LogP contribution in [0.4, 0.5) is 0 Å². The molecule has 0 spiro atoms. The lowest BCUT2D eigenvalue weighted by Gasteiger charge is -2.39. The Bertz CT molecular complexity index is 1050. The van der Waals surface area contributed by atoms with Gasteiger partial charge in [0.15, 0.2) is 0 Å². The van der Waals surface area contributed by atoms with Crippen molar-refractivity contribution in [3.8, 4) is 5.75 Å². The van der Waals surface area contributed by atoms with E-state index < -0.39 is 0 Å². The zero-order valence-electron chi connectivity index (χ0n) is 20.6. The van der Waals surface area contributed by atoms with Gasteiger partial charge in [-0.3, -0.25) is 0 Å². The maximum absolute atomic E-state index is 11.3. The van der Waals surface area contributed by atoms with E-state index in [9.17, 15) is 19.9 Å². The summed E-state index contributed by atoms with van der Waals surface area (Å²) in [7, 11) is -0.724. The van der Waals surface area contributed by atoms with Gasteiger partial charge in [0.1, 0.15) is 17.4 Å². The second-order valence-electron chi connectivity index (χ2n) is 10.7. The van der Waals surface area contributed by atoms with E-state index in [1.165, 1.54) is 6.07 Å². The Morgan fingerprint density at radius 2 is 1.37 bits per heavy atom. The van der Waals surface area contributed by atoms with Crippen LogP contribution >= 0.6 is 0 Å². The quantitative estimate of drug-likeness (QED) is 0.451. The van der Waals surface area contributed by atoms with E-state index in [2.05, 4.69) is 9.62 Å². The number of piperidine rings is 2. The molecule has 188 valence electrons. The molecule has 1 aromatic carbocycles. The first-order valence-electron chi connectivity index (χ1n) is 13.1. The minimum atomic E-state index is -0.386. The first-order valence-corrected chi connectivity index (χ1v) is 13.1. The van der Waals surface area contributed by atoms with Crippen molar-refractivity contribution in [1.82, 2.24) is 9.62 Å². The van der Waals surface area contributed by atoms with Crippen molar-refractivity contribution < 1.29 is 24.3 Å². The van der Waals surface area contributed by atoms with Gasteiger partial charge in [0, 0.05) is 41.7 Å². The highest BCUT2D eigenvalue weighted by Crippen LogP contribution is 2.38. The molecule has 6 atom stereocenters. The maximum Gasteiger partial charge on any atom is 0.376 e. The van der Waals surface area contributed by atoms with Crippen LogP contribution in [0.15, 0.2) is 39.5 Å². The van der Waals surface area contributed by atoms with Gasteiger partial charge in [-0.25, -0.2) is 4.79 Å². The van der Waals surface area contributed by atoms with Gasteiger partial charge in [-0.15, -0.1) is 0 Å². The highest BCUT2D eigenvalue weighted by Gasteiger charge is 2.44. The third kappa shape index (κ3) is 5.32. The first kappa shape index (κ1) is 24.8. The summed E-state index contributed by atoms with van der Waals surface area (Å²) in [6, 6.07) is 10.5. The van der Waals surface area contributed by atoms with E-state index in [1.807, 2.05) is 25.8 Å². The monoisotopic (exact) mass is 482 g/mol. The first-order chi connectivity index (χ1) is 16.8. The Kier molecular flexibility index (Phi) is 7.28. The maximum atomic E-state index is 11.3. The lowest BCUT2D eigenvalue weighted by atomic mass is 9.79. The molecule has 0 radical (unpaired) electrons. The Morgan fingerprint density at radius 1 is 0.857 bits per heavy atom. The summed E-state index contributed by atoms with van der Waals surface area (Å²) in [5.74, 6) is 0.738. The summed E-state index contributed by atoms with van der Waals surface area (Å²) >= 11 is 0.